The van der Waals surface area contributed by atoms with Crippen molar-refractivity contribution in [1.82, 2.24) is 0 Å². The van der Waals surface area contributed by atoms with Crippen LogP contribution in [0.2, 0.25) is 0 Å². The molecule has 0 saturated carbocycles. The number of aliphatic imine (C=N–C) groups is 1. The molecule has 74 valence electrons. The van der Waals surface area contributed by atoms with Gasteiger partial charge < -0.3 is 9.47 Å². The van der Waals surface area contributed by atoms with Gasteiger partial charge in [0.2, 0.25) is 6.08 Å². The van der Waals surface area contributed by atoms with Crippen LogP contribution in [0.3, 0.4) is 0 Å². The highest BCUT2D eigenvalue weighted by molar-refractivity contribution is 5.47. The standard InChI is InChI=1S/C10H11NO3/c1-13-9-5-3-4-8(6-11-7-12)10(9)14-2/h3-5H,6H2,1-2H3. The largest absolute Gasteiger partial charge is 0.493 e. The molecule has 0 unspecified atom stereocenters. The van der Waals surface area contributed by atoms with E-state index in [-0.39, 0.29) is 6.54 Å². The summed E-state index contributed by atoms with van der Waals surface area (Å²) in [5.74, 6) is 1.24. The fraction of sp³-hybridized carbons (Fsp3) is 0.300. The molecule has 0 saturated heterocycles. The average Bonchev–Trinajstić information content (AvgIpc) is 2.25. The molecular formula is C10H11NO3. The molecule has 1 aromatic carbocycles. The Morgan fingerprint density at radius 1 is 1.36 bits per heavy atom. The number of isocyanates is 1. The number of hydrogen-bond donors (Lipinski definition) is 0. The van der Waals surface area contributed by atoms with Crippen molar-refractivity contribution in [2.45, 2.75) is 6.54 Å². The molecule has 0 aliphatic rings. The van der Waals surface area contributed by atoms with Crippen LogP contribution < -0.4 is 9.47 Å². The molecule has 0 atom stereocenters. The van der Waals surface area contributed by atoms with E-state index >= 15 is 0 Å². The summed E-state index contributed by atoms with van der Waals surface area (Å²) < 4.78 is 10.2. The monoisotopic (exact) mass is 193 g/mol. The molecular weight excluding hydrogens is 182 g/mol. The van der Waals surface area contributed by atoms with Gasteiger partial charge >= 0.3 is 0 Å². The summed E-state index contributed by atoms with van der Waals surface area (Å²) in [4.78, 5) is 13.5. The van der Waals surface area contributed by atoms with Gasteiger partial charge in [0.05, 0.1) is 20.8 Å². The van der Waals surface area contributed by atoms with E-state index in [1.54, 1.807) is 20.3 Å². The molecule has 0 aliphatic carbocycles. The summed E-state index contributed by atoms with van der Waals surface area (Å²) in [5, 5.41) is 0. The first-order valence-corrected chi connectivity index (χ1v) is 4.07. The Labute approximate surface area is 82.2 Å². The Morgan fingerprint density at radius 2 is 2.14 bits per heavy atom. The average molecular weight is 193 g/mol. The van der Waals surface area contributed by atoms with Gasteiger partial charge in [-0.2, -0.15) is 0 Å². The maximum atomic E-state index is 9.97. The Balaban J connectivity index is 3.07. The van der Waals surface area contributed by atoms with E-state index in [4.69, 9.17) is 9.47 Å². The zero-order valence-electron chi connectivity index (χ0n) is 8.11. The van der Waals surface area contributed by atoms with E-state index in [9.17, 15) is 4.79 Å². The second kappa shape index (κ2) is 5.04. The van der Waals surface area contributed by atoms with Crippen LogP contribution in [0.25, 0.3) is 0 Å². The zero-order valence-corrected chi connectivity index (χ0v) is 8.11. The molecule has 1 aromatic rings. The second-order valence-electron chi connectivity index (χ2n) is 2.56. The molecule has 4 heteroatoms. The van der Waals surface area contributed by atoms with E-state index in [1.165, 1.54) is 6.08 Å². The minimum absolute atomic E-state index is 0.254. The molecule has 0 radical (unpaired) electrons. The van der Waals surface area contributed by atoms with E-state index in [0.717, 1.165) is 5.56 Å². The molecule has 0 aliphatic heterocycles. The molecule has 0 spiro atoms. The third kappa shape index (κ3) is 2.12. The SMILES string of the molecule is COc1cccc(CN=C=O)c1OC. The highest BCUT2D eigenvalue weighted by atomic mass is 16.5. The Bertz CT molecular complexity index is 356. The lowest BCUT2D eigenvalue weighted by atomic mass is 10.2. The van der Waals surface area contributed by atoms with Gasteiger partial charge in [-0.05, 0) is 6.07 Å². The fourth-order valence-corrected chi connectivity index (χ4v) is 1.20. The Morgan fingerprint density at radius 3 is 2.71 bits per heavy atom. The minimum atomic E-state index is 0.254. The molecule has 14 heavy (non-hydrogen) atoms. The lowest BCUT2D eigenvalue weighted by Gasteiger charge is -2.10. The summed E-state index contributed by atoms with van der Waals surface area (Å²) in [7, 11) is 3.11. The number of para-hydroxylation sites is 1. The van der Waals surface area contributed by atoms with Crippen molar-refractivity contribution in [2.75, 3.05) is 14.2 Å². The molecule has 0 bridgehead atoms. The lowest BCUT2D eigenvalue weighted by Crippen LogP contribution is -1.94. The summed E-state index contributed by atoms with van der Waals surface area (Å²) >= 11 is 0. The maximum Gasteiger partial charge on any atom is 0.235 e. The van der Waals surface area contributed by atoms with Crippen molar-refractivity contribution >= 4 is 6.08 Å². The number of nitrogens with zero attached hydrogens (tertiary/aromatic N) is 1. The van der Waals surface area contributed by atoms with Gasteiger partial charge in [-0.1, -0.05) is 12.1 Å². The number of carbonyl (C=O) groups excluding carboxylic acids is 1. The first-order valence-electron chi connectivity index (χ1n) is 4.07. The van der Waals surface area contributed by atoms with Crippen molar-refractivity contribution < 1.29 is 14.3 Å². The summed E-state index contributed by atoms with van der Waals surface area (Å²) in [5.41, 5.74) is 0.801. The number of methoxy groups -OCH3 is 2. The fourth-order valence-electron chi connectivity index (χ4n) is 1.20. The Hall–Kier alpha value is -1.80. The van der Waals surface area contributed by atoms with Crippen LogP contribution in [0.1, 0.15) is 5.56 Å². The molecule has 0 aromatic heterocycles. The normalized spacial score (nSPS) is 9.00. The smallest absolute Gasteiger partial charge is 0.235 e. The van der Waals surface area contributed by atoms with Crippen molar-refractivity contribution in [1.29, 1.82) is 0 Å². The first kappa shape index (κ1) is 10.3. The van der Waals surface area contributed by atoms with Gasteiger partial charge in [-0.25, -0.2) is 9.79 Å². The van der Waals surface area contributed by atoms with Crippen LogP contribution in [0.4, 0.5) is 0 Å². The number of hydrogen-bond acceptors (Lipinski definition) is 4. The summed E-state index contributed by atoms with van der Waals surface area (Å²) in [6, 6.07) is 5.42. The van der Waals surface area contributed by atoms with E-state index in [2.05, 4.69) is 4.99 Å². The van der Waals surface area contributed by atoms with Gasteiger partial charge in [0, 0.05) is 5.56 Å². The third-order valence-corrected chi connectivity index (χ3v) is 1.80. The summed E-state index contributed by atoms with van der Waals surface area (Å²) in [6.07, 6.45) is 1.48. The molecule has 0 N–H and O–H groups in total. The quantitative estimate of drug-likeness (QED) is 0.538. The predicted octanol–water partition coefficient (Wildman–Crippen LogP) is 1.54. The van der Waals surface area contributed by atoms with Gasteiger partial charge in [0.25, 0.3) is 0 Å². The van der Waals surface area contributed by atoms with Crippen molar-refractivity contribution in [3.8, 4) is 11.5 Å². The van der Waals surface area contributed by atoms with Crippen LogP contribution in [-0.4, -0.2) is 20.3 Å². The predicted molar refractivity (Wildman–Crippen MR) is 51.4 cm³/mol. The molecule has 0 amide bonds. The minimum Gasteiger partial charge on any atom is -0.493 e. The lowest BCUT2D eigenvalue weighted by molar-refractivity contribution is 0.352. The van der Waals surface area contributed by atoms with Gasteiger partial charge in [0.15, 0.2) is 11.5 Å². The summed E-state index contributed by atoms with van der Waals surface area (Å²) in [6.45, 7) is 0.254. The number of benzene rings is 1. The topological polar surface area (TPSA) is 47.9 Å². The highest BCUT2D eigenvalue weighted by Crippen LogP contribution is 2.30. The van der Waals surface area contributed by atoms with Gasteiger partial charge in [-0.3, -0.25) is 0 Å². The van der Waals surface area contributed by atoms with Gasteiger partial charge in [-0.15, -0.1) is 0 Å². The third-order valence-electron chi connectivity index (χ3n) is 1.80. The van der Waals surface area contributed by atoms with Crippen molar-refractivity contribution in [3.63, 3.8) is 0 Å². The van der Waals surface area contributed by atoms with E-state index < -0.39 is 0 Å². The van der Waals surface area contributed by atoms with Crippen LogP contribution in [0, 0.1) is 0 Å². The van der Waals surface area contributed by atoms with Crippen LogP contribution in [0.15, 0.2) is 23.2 Å². The van der Waals surface area contributed by atoms with Crippen molar-refractivity contribution in [3.05, 3.63) is 23.8 Å². The number of ether oxygens (including phenoxy) is 2. The van der Waals surface area contributed by atoms with E-state index in [1.807, 2.05) is 12.1 Å². The van der Waals surface area contributed by atoms with Crippen molar-refractivity contribution in [2.24, 2.45) is 4.99 Å². The van der Waals surface area contributed by atoms with E-state index in [0.29, 0.717) is 11.5 Å². The zero-order chi connectivity index (χ0) is 10.4. The second-order valence-corrected chi connectivity index (χ2v) is 2.56. The van der Waals surface area contributed by atoms with Crippen LogP contribution in [-0.2, 0) is 11.3 Å². The first-order chi connectivity index (χ1) is 6.83. The van der Waals surface area contributed by atoms with Crippen LogP contribution in [0.5, 0.6) is 11.5 Å². The highest BCUT2D eigenvalue weighted by Gasteiger charge is 2.07. The molecule has 4 nitrogen and oxygen atoms in total. The molecule has 0 heterocycles. The van der Waals surface area contributed by atoms with Gasteiger partial charge in [0.1, 0.15) is 0 Å². The number of rotatable bonds is 4. The molecule has 0 fully saturated rings. The molecule has 1 rings (SSSR count). The Kier molecular flexibility index (Phi) is 3.70. The maximum absolute atomic E-state index is 9.97. The van der Waals surface area contributed by atoms with Crippen LogP contribution >= 0.6 is 0 Å².